The van der Waals surface area contributed by atoms with E-state index in [-0.39, 0.29) is 5.78 Å². The smallest absolute Gasteiger partial charge is 0.202 e. The normalized spacial score (nSPS) is 11.8. The number of hydrogen-bond donors (Lipinski definition) is 2. The number of hydrogen-bond acceptors (Lipinski definition) is 3. The van der Waals surface area contributed by atoms with Gasteiger partial charge in [-0.25, -0.2) is 0 Å². The molecular formula is C11H16O3. The molecule has 0 amide bonds. The van der Waals surface area contributed by atoms with Crippen LogP contribution in [-0.4, -0.2) is 28.2 Å². The van der Waals surface area contributed by atoms with E-state index in [1.165, 1.54) is 19.9 Å². The largest absolute Gasteiger partial charge is 0.389 e. The summed E-state index contributed by atoms with van der Waals surface area (Å²) < 4.78 is 0. The Kier molecular flexibility index (Phi) is 10.6. The second-order valence-electron chi connectivity index (χ2n) is 2.61. The van der Waals surface area contributed by atoms with E-state index in [0.717, 1.165) is 0 Å². The standard InChI is InChI=1S/C6H8O2.C5H8O/c1-5(7)3-4-6(2)8;1-3-4-5(2)6/h5,7H,1-2H3;4-6H,1H2,2H3. The molecule has 0 spiro atoms. The van der Waals surface area contributed by atoms with Crippen molar-refractivity contribution in [2.45, 2.75) is 33.0 Å². The minimum absolute atomic E-state index is 0.217. The van der Waals surface area contributed by atoms with Gasteiger partial charge in [-0.3, -0.25) is 4.79 Å². The minimum atomic E-state index is -0.695. The van der Waals surface area contributed by atoms with Gasteiger partial charge < -0.3 is 10.2 Å². The number of ketones is 1. The molecule has 0 saturated carbocycles. The van der Waals surface area contributed by atoms with E-state index >= 15 is 0 Å². The quantitative estimate of drug-likeness (QED) is 0.368. The number of aliphatic hydroxyl groups is 2. The van der Waals surface area contributed by atoms with Crippen molar-refractivity contribution < 1.29 is 15.0 Å². The lowest BCUT2D eigenvalue weighted by Crippen LogP contribution is -1.94. The Hall–Kier alpha value is -1.33. The van der Waals surface area contributed by atoms with Gasteiger partial charge in [0.25, 0.3) is 0 Å². The van der Waals surface area contributed by atoms with Crippen LogP contribution in [-0.2, 0) is 4.79 Å². The molecule has 14 heavy (non-hydrogen) atoms. The number of rotatable bonds is 1. The lowest BCUT2D eigenvalue weighted by atomic mass is 10.4. The lowest BCUT2D eigenvalue weighted by molar-refractivity contribution is -0.111. The lowest BCUT2D eigenvalue weighted by Gasteiger charge is -1.84. The fourth-order valence-corrected chi connectivity index (χ4v) is 0.377. The van der Waals surface area contributed by atoms with Gasteiger partial charge in [0.2, 0.25) is 5.78 Å². The Morgan fingerprint density at radius 1 is 1.43 bits per heavy atom. The zero-order valence-corrected chi connectivity index (χ0v) is 8.74. The molecule has 0 bridgehead atoms. The summed E-state index contributed by atoms with van der Waals surface area (Å²) in [5, 5.41) is 16.9. The highest BCUT2D eigenvalue weighted by Crippen LogP contribution is 1.75. The van der Waals surface area contributed by atoms with Gasteiger partial charge in [-0.1, -0.05) is 12.5 Å². The molecule has 0 aliphatic carbocycles. The van der Waals surface area contributed by atoms with Crippen LogP contribution in [0, 0.1) is 11.8 Å². The van der Waals surface area contributed by atoms with Gasteiger partial charge in [-0.15, -0.1) is 5.73 Å². The molecule has 2 N–H and O–H groups in total. The van der Waals surface area contributed by atoms with Crippen LogP contribution < -0.4 is 0 Å². The van der Waals surface area contributed by atoms with E-state index in [1.54, 1.807) is 6.92 Å². The van der Waals surface area contributed by atoms with E-state index in [2.05, 4.69) is 24.2 Å². The second-order valence-corrected chi connectivity index (χ2v) is 2.61. The van der Waals surface area contributed by atoms with Crippen molar-refractivity contribution in [3.63, 3.8) is 0 Å². The van der Waals surface area contributed by atoms with Crippen LogP contribution in [0.4, 0.5) is 0 Å². The van der Waals surface area contributed by atoms with Crippen molar-refractivity contribution in [3.8, 4) is 11.8 Å². The van der Waals surface area contributed by atoms with Crippen LogP contribution in [0.15, 0.2) is 18.4 Å². The molecule has 0 aromatic rings. The third kappa shape index (κ3) is 22.4. The summed E-state index contributed by atoms with van der Waals surface area (Å²) in [6.07, 6.45) is 0.390. The van der Waals surface area contributed by atoms with E-state index in [4.69, 9.17) is 10.2 Å². The van der Waals surface area contributed by atoms with E-state index in [1.807, 2.05) is 0 Å². The van der Waals surface area contributed by atoms with Crippen LogP contribution in [0.2, 0.25) is 0 Å². The Labute approximate surface area is 84.8 Å². The van der Waals surface area contributed by atoms with Crippen molar-refractivity contribution >= 4 is 5.78 Å². The predicted octanol–water partition coefficient (Wildman–Crippen LogP) is 0.668. The number of aliphatic hydroxyl groups excluding tert-OH is 2. The van der Waals surface area contributed by atoms with Crippen LogP contribution in [0.3, 0.4) is 0 Å². The Balaban J connectivity index is 0. The fourth-order valence-electron chi connectivity index (χ4n) is 0.377. The highest BCUT2D eigenvalue weighted by molar-refractivity contribution is 5.93. The monoisotopic (exact) mass is 196 g/mol. The molecule has 3 nitrogen and oxygen atoms in total. The highest BCUT2D eigenvalue weighted by atomic mass is 16.3. The average Bonchev–Trinajstić information content (AvgIpc) is 2.01. The fraction of sp³-hybridized carbons (Fsp3) is 0.455. The Bertz CT molecular complexity index is 260. The minimum Gasteiger partial charge on any atom is -0.389 e. The van der Waals surface area contributed by atoms with Crippen molar-refractivity contribution in [3.05, 3.63) is 18.4 Å². The number of carbonyl (C=O) groups excluding carboxylic acids is 1. The molecule has 0 aliphatic rings. The first-order chi connectivity index (χ1) is 6.40. The molecule has 2 unspecified atom stereocenters. The first kappa shape index (κ1) is 15.2. The van der Waals surface area contributed by atoms with Gasteiger partial charge in [0.05, 0.1) is 6.10 Å². The molecule has 0 heterocycles. The maximum atomic E-state index is 10.1. The number of carbonyl (C=O) groups is 1. The summed E-state index contributed by atoms with van der Waals surface area (Å²) in [5.41, 5.74) is 2.44. The Morgan fingerprint density at radius 2 is 1.93 bits per heavy atom. The second kappa shape index (κ2) is 9.76. The van der Waals surface area contributed by atoms with Crippen molar-refractivity contribution in [1.82, 2.24) is 0 Å². The molecule has 78 valence electrons. The van der Waals surface area contributed by atoms with Gasteiger partial charge in [0.15, 0.2) is 0 Å². The van der Waals surface area contributed by atoms with Crippen LogP contribution >= 0.6 is 0 Å². The van der Waals surface area contributed by atoms with Gasteiger partial charge in [-0.2, -0.15) is 0 Å². The van der Waals surface area contributed by atoms with Crippen LogP contribution in [0.1, 0.15) is 20.8 Å². The molecule has 0 aromatic carbocycles. The molecular weight excluding hydrogens is 180 g/mol. The van der Waals surface area contributed by atoms with Crippen molar-refractivity contribution in [2.75, 3.05) is 0 Å². The van der Waals surface area contributed by atoms with E-state index in [0.29, 0.717) is 0 Å². The van der Waals surface area contributed by atoms with Gasteiger partial charge in [0.1, 0.15) is 6.10 Å². The summed E-state index contributed by atoms with van der Waals surface area (Å²) in [6.45, 7) is 7.78. The third-order valence-corrected chi connectivity index (χ3v) is 0.816. The van der Waals surface area contributed by atoms with Crippen molar-refractivity contribution in [1.29, 1.82) is 0 Å². The molecule has 2 atom stereocenters. The topological polar surface area (TPSA) is 57.5 Å². The summed E-state index contributed by atoms with van der Waals surface area (Å²) in [7, 11) is 0. The van der Waals surface area contributed by atoms with E-state index in [9.17, 15) is 4.79 Å². The summed E-state index contributed by atoms with van der Waals surface area (Å²) in [4.78, 5) is 10.1. The summed E-state index contributed by atoms with van der Waals surface area (Å²) >= 11 is 0. The SMILES string of the molecule is C=C=CC(C)O.CC(=O)C#CC(C)O. The molecule has 0 aromatic heterocycles. The molecule has 0 rings (SSSR count). The van der Waals surface area contributed by atoms with E-state index < -0.39 is 12.2 Å². The van der Waals surface area contributed by atoms with Crippen LogP contribution in [0.25, 0.3) is 0 Å². The van der Waals surface area contributed by atoms with Gasteiger partial charge in [-0.05, 0) is 25.8 Å². The zero-order valence-electron chi connectivity index (χ0n) is 8.74. The first-order valence-corrected chi connectivity index (χ1v) is 4.14. The molecule has 0 saturated heterocycles. The number of Topliss-reactive ketones (excluding diaryl/α,β-unsaturated/α-hetero) is 1. The molecule has 0 aliphatic heterocycles. The highest BCUT2D eigenvalue weighted by Gasteiger charge is 1.83. The first-order valence-electron chi connectivity index (χ1n) is 4.14. The summed E-state index contributed by atoms with van der Waals surface area (Å²) in [5.74, 6) is 4.29. The molecule has 0 radical (unpaired) electrons. The molecule has 3 heteroatoms. The zero-order chi connectivity index (χ0) is 11.6. The van der Waals surface area contributed by atoms with Crippen LogP contribution in [0.5, 0.6) is 0 Å². The maximum Gasteiger partial charge on any atom is 0.202 e. The maximum absolute atomic E-state index is 10.1. The Morgan fingerprint density at radius 3 is 2.00 bits per heavy atom. The van der Waals surface area contributed by atoms with Gasteiger partial charge in [0, 0.05) is 6.92 Å². The summed E-state index contributed by atoms with van der Waals surface area (Å²) in [6, 6.07) is 0. The van der Waals surface area contributed by atoms with Crippen molar-refractivity contribution in [2.24, 2.45) is 0 Å². The molecule has 0 fully saturated rings. The van der Waals surface area contributed by atoms with Gasteiger partial charge >= 0.3 is 0 Å². The predicted molar refractivity (Wildman–Crippen MR) is 55.5 cm³/mol. The third-order valence-electron chi connectivity index (χ3n) is 0.816. The average molecular weight is 196 g/mol.